The van der Waals surface area contributed by atoms with Gasteiger partial charge in [-0.2, -0.15) is 0 Å². The molecular weight excluding hydrogens is 427 g/mol. The van der Waals surface area contributed by atoms with E-state index in [0.29, 0.717) is 24.8 Å². The number of esters is 1. The molecule has 0 spiro atoms. The van der Waals surface area contributed by atoms with E-state index >= 15 is 4.39 Å². The van der Waals surface area contributed by atoms with E-state index in [1.165, 1.54) is 12.2 Å². The van der Waals surface area contributed by atoms with Gasteiger partial charge < -0.3 is 9.84 Å². The molecule has 7 heteroatoms. The van der Waals surface area contributed by atoms with E-state index in [1.54, 1.807) is 6.08 Å². The highest BCUT2D eigenvalue weighted by Crippen LogP contribution is 2.68. The maximum atomic E-state index is 15.6. The first-order valence-corrected chi connectivity index (χ1v) is 12.0. The predicted octanol–water partition coefficient (Wildman–Crippen LogP) is 4.08. The molecule has 33 heavy (non-hydrogen) atoms. The van der Waals surface area contributed by atoms with Gasteiger partial charge in [0.2, 0.25) is 5.78 Å². The lowest BCUT2D eigenvalue weighted by molar-refractivity contribution is -0.177. The number of halogens is 1. The fraction of sp³-hybridized carbons (Fsp3) is 0.692. The summed E-state index contributed by atoms with van der Waals surface area (Å²) in [6.07, 6.45) is 4.73. The van der Waals surface area contributed by atoms with Crippen LogP contribution in [0, 0.1) is 40.4 Å². The minimum atomic E-state index is -1.45. The van der Waals surface area contributed by atoms with Crippen LogP contribution in [-0.4, -0.2) is 40.9 Å². The molecule has 0 bridgehead atoms. The van der Waals surface area contributed by atoms with Crippen molar-refractivity contribution in [2.45, 2.75) is 72.1 Å². The summed E-state index contributed by atoms with van der Waals surface area (Å²) in [4.78, 5) is 49.1. The van der Waals surface area contributed by atoms with Gasteiger partial charge in [0.1, 0.15) is 12.3 Å². The third kappa shape index (κ3) is 3.58. The van der Waals surface area contributed by atoms with E-state index in [9.17, 15) is 24.3 Å². The van der Waals surface area contributed by atoms with Crippen LogP contribution in [0.5, 0.6) is 0 Å². The molecule has 0 aromatic heterocycles. The third-order valence-corrected chi connectivity index (χ3v) is 9.02. The number of hydrogen-bond acceptors (Lipinski definition) is 5. The summed E-state index contributed by atoms with van der Waals surface area (Å²) in [5.74, 6) is -4.25. The highest BCUT2D eigenvalue weighted by molar-refractivity contribution is 6.33. The summed E-state index contributed by atoms with van der Waals surface area (Å²) < 4.78 is 21.6. The third-order valence-electron chi connectivity index (χ3n) is 9.02. The zero-order valence-electron chi connectivity index (χ0n) is 19.7. The normalized spacial score (nSPS) is 43.7. The number of alkyl halides is 1. The van der Waals surface area contributed by atoms with Crippen molar-refractivity contribution in [2.75, 3.05) is 0 Å². The molecule has 4 aliphatic rings. The van der Waals surface area contributed by atoms with E-state index in [4.69, 9.17) is 4.74 Å². The maximum Gasteiger partial charge on any atom is 0.372 e. The number of carboxylic acids is 1. The lowest BCUT2D eigenvalue weighted by Crippen LogP contribution is -2.59. The molecule has 4 aliphatic carbocycles. The Balaban J connectivity index is 1.81. The molecule has 0 amide bonds. The van der Waals surface area contributed by atoms with Crippen LogP contribution in [0.3, 0.4) is 0 Å². The van der Waals surface area contributed by atoms with Gasteiger partial charge in [-0.15, -0.1) is 0 Å². The Morgan fingerprint density at radius 3 is 2.58 bits per heavy atom. The molecule has 0 heterocycles. The Morgan fingerprint density at radius 1 is 1.24 bits per heavy atom. The monoisotopic (exact) mass is 460 g/mol. The Bertz CT molecular complexity index is 952. The molecule has 3 fully saturated rings. The van der Waals surface area contributed by atoms with Gasteiger partial charge in [-0.05, 0) is 66.6 Å². The highest BCUT2D eigenvalue weighted by Gasteiger charge is 2.67. The van der Waals surface area contributed by atoms with Crippen molar-refractivity contribution in [1.82, 2.24) is 0 Å². The number of ether oxygens (including phenoxy) is 1. The second kappa shape index (κ2) is 8.17. The van der Waals surface area contributed by atoms with Crippen LogP contribution in [0.25, 0.3) is 0 Å². The highest BCUT2D eigenvalue weighted by atomic mass is 19.1. The van der Waals surface area contributed by atoms with E-state index < -0.39 is 40.8 Å². The maximum absolute atomic E-state index is 15.6. The van der Waals surface area contributed by atoms with Gasteiger partial charge in [0.25, 0.3) is 0 Å². The van der Waals surface area contributed by atoms with Gasteiger partial charge in [-0.25, -0.2) is 9.18 Å². The molecule has 180 valence electrons. The van der Waals surface area contributed by atoms with E-state index in [1.807, 2.05) is 27.7 Å². The van der Waals surface area contributed by atoms with Crippen LogP contribution < -0.4 is 0 Å². The quantitative estimate of drug-likeness (QED) is 0.490. The number of carboxylic acid groups (broad SMARTS) is 1. The largest absolute Gasteiger partial charge is 0.475 e. The second-order valence-corrected chi connectivity index (χ2v) is 11.0. The number of aliphatic carboxylic acids is 1. The van der Waals surface area contributed by atoms with Gasteiger partial charge in [0.15, 0.2) is 5.78 Å². The molecule has 0 radical (unpaired) electrons. The van der Waals surface area contributed by atoms with Crippen LogP contribution in [0.4, 0.5) is 4.39 Å². The second-order valence-electron chi connectivity index (χ2n) is 11.0. The molecule has 1 N–H and O–H groups in total. The average Bonchev–Trinajstić information content (AvgIpc) is 2.98. The summed E-state index contributed by atoms with van der Waals surface area (Å²) in [6, 6.07) is 0. The van der Waals surface area contributed by atoms with Crippen LogP contribution >= 0.6 is 0 Å². The number of allylic oxidation sites excluding steroid dienone is 4. The number of ketones is 2. The van der Waals surface area contributed by atoms with Crippen molar-refractivity contribution in [3.8, 4) is 0 Å². The molecule has 6 nitrogen and oxygen atoms in total. The van der Waals surface area contributed by atoms with Crippen LogP contribution in [-0.2, 0) is 23.9 Å². The standard InChI is InChI=1S/C26H33FO6/c1-5-6-20(29)33-19-12-26(4)16(9-13(2)21(26)23(30)24(31)32)15-11-18(27)17-10-14(28)7-8-25(17,3)22(15)19/h7-8,10,13,15-16,18-19,21-22H,5-6,9,11-12H2,1-4H3,(H,31,32)/t13?,15-,16-,18?,19?,21+,22+,25-,26-/m0/s1. The number of Topliss-reactive ketones (excluding diaryl/α,β-unsaturated/α-hetero) is 1. The first kappa shape index (κ1) is 23.8. The van der Waals surface area contributed by atoms with E-state index in [2.05, 4.69) is 0 Å². The summed E-state index contributed by atoms with van der Waals surface area (Å²) in [5.41, 5.74) is -1.06. The molecule has 3 unspecified atom stereocenters. The zero-order chi connectivity index (χ0) is 24.3. The van der Waals surface area contributed by atoms with Crippen molar-refractivity contribution in [2.24, 2.45) is 40.4 Å². The number of carbonyl (C=O) groups excluding carboxylic acids is 3. The zero-order valence-corrected chi connectivity index (χ0v) is 19.7. The van der Waals surface area contributed by atoms with Crippen molar-refractivity contribution in [3.05, 3.63) is 23.8 Å². The summed E-state index contributed by atoms with van der Waals surface area (Å²) in [7, 11) is 0. The fourth-order valence-corrected chi connectivity index (χ4v) is 7.90. The SMILES string of the molecule is CCCC(=O)OC1C[C@]2(C)[C@@H](C(=O)C(=O)O)C(C)C[C@H]2[C@@H]2CC(F)C3=CC(=O)C=C[C@]3(C)[C@@H]12. The molecule has 3 saturated carbocycles. The Hall–Kier alpha value is -2.31. The minimum absolute atomic E-state index is 0.0745. The number of hydrogen-bond donors (Lipinski definition) is 1. The van der Waals surface area contributed by atoms with Crippen LogP contribution in [0.15, 0.2) is 23.8 Å². The Kier molecular flexibility index (Phi) is 5.90. The van der Waals surface area contributed by atoms with Gasteiger partial charge in [-0.3, -0.25) is 14.4 Å². The molecule has 4 rings (SSSR count). The number of fused-ring (bicyclic) bond motifs is 5. The Morgan fingerprint density at radius 2 is 1.94 bits per heavy atom. The summed E-state index contributed by atoms with van der Waals surface area (Å²) >= 11 is 0. The van der Waals surface area contributed by atoms with Gasteiger partial charge in [0, 0.05) is 23.7 Å². The lowest BCUT2D eigenvalue weighted by Gasteiger charge is -2.59. The molecule has 0 saturated heterocycles. The van der Waals surface area contributed by atoms with E-state index in [0.717, 1.165) is 0 Å². The van der Waals surface area contributed by atoms with Crippen molar-refractivity contribution in [3.63, 3.8) is 0 Å². The number of rotatable bonds is 5. The topological polar surface area (TPSA) is 97.7 Å². The number of carbonyl (C=O) groups is 4. The van der Waals surface area contributed by atoms with Crippen LogP contribution in [0.1, 0.15) is 59.8 Å². The molecule has 0 aromatic carbocycles. The molecular formula is C26H33FO6. The lowest BCUT2D eigenvalue weighted by atomic mass is 9.46. The molecule has 0 aliphatic heterocycles. The van der Waals surface area contributed by atoms with Gasteiger partial charge in [-0.1, -0.05) is 33.8 Å². The Labute approximate surface area is 193 Å². The van der Waals surface area contributed by atoms with E-state index in [-0.39, 0.29) is 48.3 Å². The summed E-state index contributed by atoms with van der Waals surface area (Å²) in [6.45, 7) is 7.61. The van der Waals surface area contributed by atoms with Crippen molar-refractivity contribution in [1.29, 1.82) is 0 Å². The summed E-state index contributed by atoms with van der Waals surface area (Å²) in [5, 5.41) is 9.50. The molecule has 0 aromatic rings. The predicted molar refractivity (Wildman–Crippen MR) is 118 cm³/mol. The van der Waals surface area contributed by atoms with Crippen molar-refractivity contribution < 1.29 is 33.4 Å². The van der Waals surface area contributed by atoms with Gasteiger partial charge in [0.05, 0.1) is 0 Å². The molecule has 9 atom stereocenters. The first-order chi connectivity index (χ1) is 15.4. The van der Waals surface area contributed by atoms with Crippen molar-refractivity contribution >= 4 is 23.5 Å². The minimum Gasteiger partial charge on any atom is -0.475 e. The average molecular weight is 461 g/mol. The smallest absolute Gasteiger partial charge is 0.372 e. The first-order valence-electron chi connectivity index (χ1n) is 12.0. The van der Waals surface area contributed by atoms with Crippen LogP contribution in [0.2, 0.25) is 0 Å². The fourth-order valence-electron chi connectivity index (χ4n) is 7.90. The van der Waals surface area contributed by atoms with Gasteiger partial charge >= 0.3 is 11.9 Å².